The number of aryl methyl sites for hydroxylation is 1. The molecule has 2 aromatic heterocycles. The summed E-state index contributed by atoms with van der Waals surface area (Å²) in [5.41, 5.74) is 2.11. The molecule has 0 unspecified atom stereocenters. The Hall–Kier alpha value is -2.67. The lowest BCUT2D eigenvalue weighted by atomic mass is 10.2. The third-order valence-corrected chi connectivity index (χ3v) is 5.81. The van der Waals surface area contributed by atoms with Crippen molar-refractivity contribution in [1.82, 2.24) is 15.1 Å². The fourth-order valence-corrected chi connectivity index (χ4v) is 4.19. The number of fused-ring (bicyclic) bond motifs is 1. The SMILES string of the molecule is Cc1nn(CC(C)C)c2sc(C(=O)Nc3cccc(C(=O)NC4CC4)c3)cc12. The maximum absolute atomic E-state index is 12.8. The van der Waals surface area contributed by atoms with Crippen molar-refractivity contribution in [1.29, 1.82) is 0 Å². The molecule has 7 heteroatoms. The number of aromatic nitrogens is 2. The second-order valence-corrected chi connectivity index (χ2v) is 8.80. The second kappa shape index (κ2) is 7.39. The van der Waals surface area contributed by atoms with Crippen LogP contribution in [0.2, 0.25) is 0 Å². The molecular weight excluding hydrogens is 372 g/mol. The standard InChI is InChI=1S/C21H24N4O2S/c1-12(2)11-25-21-17(13(3)24-25)10-18(28-21)20(27)23-16-6-4-5-14(9-16)19(26)22-15-7-8-15/h4-6,9-10,12,15H,7-8,11H2,1-3H3,(H,22,26)(H,23,27). The minimum absolute atomic E-state index is 0.0927. The minimum atomic E-state index is -0.170. The van der Waals surface area contributed by atoms with Gasteiger partial charge in [0.1, 0.15) is 4.83 Å². The predicted molar refractivity (Wildman–Crippen MR) is 112 cm³/mol. The van der Waals surface area contributed by atoms with E-state index in [1.165, 1.54) is 11.3 Å². The molecule has 2 N–H and O–H groups in total. The Morgan fingerprint density at radius 3 is 2.75 bits per heavy atom. The third-order valence-electron chi connectivity index (χ3n) is 4.66. The van der Waals surface area contributed by atoms with Gasteiger partial charge in [0.2, 0.25) is 0 Å². The molecule has 1 aromatic carbocycles. The lowest BCUT2D eigenvalue weighted by Gasteiger charge is -2.07. The first-order valence-electron chi connectivity index (χ1n) is 9.60. The normalized spacial score (nSPS) is 13.9. The van der Waals surface area contributed by atoms with E-state index >= 15 is 0 Å². The van der Waals surface area contributed by atoms with Crippen molar-refractivity contribution in [2.75, 3.05) is 5.32 Å². The van der Waals surface area contributed by atoms with E-state index in [0.29, 0.717) is 28.1 Å². The molecule has 1 saturated carbocycles. The van der Waals surface area contributed by atoms with Crippen LogP contribution in [0.3, 0.4) is 0 Å². The molecule has 1 fully saturated rings. The van der Waals surface area contributed by atoms with Crippen LogP contribution in [0.5, 0.6) is 0 Å². The molecule has 0 atom stereocenters. The zero-order chi connectivity index (χ0) is 19.8. The van der Waals surface area contributed by atoms with Crippen LogP contribution in [-0.4, -0.2) is 27.6 Å². The monoisotopic (exact) mass is 396 g/mol. The van der Waals surface area contributed by atoms with E-state index in [2.05, 4.69) is 29.6 Å². The van der Waals surface area contributed by atoms with Crippen molar-refractivity contribution in [3.63, 3.8) is 0 Å². The first-order chi connectivity index (χ1) is 13.4. The Morgan fingerprint density at radius 1 is 1.25 bits per heavy atom. The van der Waals surface area contributed by atoms with Crippen LogP contribution < -0.4 is 10.6 Å². The molecule has 4 rings (SSSR count). The van der Waals surface area contributed by atoms with Gasteiger partial charge in [0, 0.05) is 29.2 Å². The quantitative estimate of drug-likeness (QED) is 0.655. The number of rotatable bonds is 6. The number of amides is 2. The molecule has 0 saturated heterocycles. The van der Waals surface area contributed by atoms with E-state index < -0.39 is 0 Å². The summed E-state index contributed by atoms with van der Waals surface area (Å²) < 4.78 is 1.99. The average Bonchev–Trinajstić information content (AvgIpc) is 3.26. The van der Waals surface area contributed by atoms with Crippen molar-refractivity contribution in [3.05, 3.63) is 46.5 Å². The third kappa shape index (κ3) is 3.94. The number of carbonyl (C=O) groups is 2. The molecule has 0 spiro atoms. The highest BCUT2D eigenvalue weighted by Gasteiger charge is 2.24. The summed E-state index contributed by atoms with van der Waals surface area (Å²) in [6, 6.07) is 9.26. The fourth-order valence-electron chi connectivity index (χ4n) is 3.12. The van der Waals surface area contributed by atoms with Crippen LogP contribution in [0.25, 0.3) is 10.2 Å². The van der Waals surface area contributed by atoms with Gasteiger partial charge in [0.15, 0.2) is 0 Å². The van der Waals surface area contributed by atoms with Gasteiger partial charge in [-0.1, -0.05) is 19.9 Å². The molecule has 2 amide bonds. The highest BCUT2D eigenvalue weighted by atomic mass is 32.1. The highest BCUT2D eigenvalue weighted by Crippen LogP contribution is 2.29. The van der Waals surface area contributed by atoms with Gasteiger partial charge in [-0.05, 0) is 49.9 Å². The van der Waals surface area contributed by atoms with Crippen LogP contribution in [0.4, 0.5) is 5.69 Å². The Morgan fingerprint density at radius 2 is 2.04 bits per heavy atom. The Kier molecular flexibility index (Phi) is 4.93. The predicted octanol–water partition coefficient (Wildman–Crippen LogP) is 4.21. The van der Waals surface area contributed by atoms with Crippen molar-refractivity contribution >= 4 is 39.1 Å². The van der Waals surface area contributed by atoms with E-state index in [-0.39, 0.29) is 11.8 Å². The summed E-state index contributed by atoms with van der Waals surface area (Å²) in [5.74, 6) is 0.215. The fraction of sp³-hybridized carbons (Fsp3) is 0.381. The molecule has 1 aliphatic rings. The smallest absolute Gasteiger partial charge is 0.265 e. The lowest BCUT2D eigenvalue weighted by molar-refractivity contribution is 0.0949. The van der Waals surface area contributed by atoms with Crippen LogP contribution in [0, 0.1) is 12.8 Å². The van der Waals surface area contributed by atoms with Gasteiger partial charge in [0.05, 0.1) is 10.6 Å². The average molecular weight is 397 g/mol. The number of carbonyl (C=O) groups excluding carboxylic acids is 2. The number of nitrogens with one attached hydrogen (secondary N) is 2. The maximum atomic E-state index is 12.8. The lowest BCUT2D eigenvalue weighted by Crippen LogP contribution is -2.25. The van der Waals surface area contributed by atoms with Gasteiger partial charge in [-0.25, -0.2) is 0 Å². The molecule has 0 bridgehead atoms. The Bertz CT molecular complexity index is 1050. The van der Waals surface area contributed by atoms with E-state index in [1.54, 1.807) is 24.3 Å². The summed E-state index contributed by atoms with van der Waals surface area (Å²) in [5, 5.41) is 11.5. The van der Waals surface area contributed by atoms with Crippen LogP contribution in [-0.2, 0) is 6.54 Å². The molecule has 2 heterocycles. The first-order valence-corrected chi connectivity index (χ1v) is 10.4. The molecule has 3 aromatic rings. The number of anilines is 1. The number of hydrogen-bond donors (Lipinski definition) is 2. The van der Waals surface area contributed by atoms with E-state index in [9.17, 15) is 9.59 Å². The number of hydrogen-bond acceptors (Lipinski definition) is 4. The van der Waals surface area contributed by atoms with Gasteiger partial charge in [-0.2, -0.15) is 5.10 Å². The van der Waals surface area contributed by atoms with Gasteiger partial charge in [-0.15, -0.1) is 11.3 Å². The second-order valence-electron chi connectivity index (χ2n) is 7.77. The van der Waals surface area contributed by atoms with E-state index in [4.69, 9.17) is 0 Å². The van der Waals surface area contributed by atoms with Gasteiger partial charge in [0.25, 0.3) is 11.8 Å². The number of nitrogens with zero attached hydrogens (tertiary/aromatic N) is 2. The molecule has 28 heavy (non-hydrogen) atoms. The topological polar surface area (TPSA) is 76.0 Å². The first kappa shape index (κ1) is 18.7. The van der Waals surface area contributed by atoms with Gasteiger partial charge >= 0.3 is 0 Å². The van der Waals surface area contributed by atoms with Gasteiger partial charge in [-0.3, -0.25) is 14.3 Å². The largest absolute Gasteiger partial charge is 0.349 e. The zero-order valence-corrected chi connectivity index (χ0v) is 17.1. The van der Waals surface area contributed by atoms with E-state index in [1.807, 2.05) is 17.7 Å². The zero-order valence-electron chi connectivity index (χ0n) is 16.3. The molecular formula is C21H24N4O2S. The van der Waals surface area contributed by atoms with Crippen LogP contribution >= 0.6 is 11.3 Å². The Labute approximate surface area is 167 Å². The molecule has 1 aliphatic carbocycles. The van der Waals surface area contributed by atoms with Crippen molar-refractivity contribution in [3.8, 4) is 0 Å². The molecule has 6 nitrogen and oxygen atoms in total. The van der Waals surface area contributed by atoms with Crippen LogP contribution in [0.15, 0.2) is 30.3 Å². The summed E-state index contributed by atoms with van der Waals surface area (Å²) in [6.07, 6.45) is 2.09. The van der Waals surface area contributed by atoms with Crippen molar-refractivity contribution < 1.29 is 9.59 Å². The number of thiophene rings is 1. The number of benzene rings is 1. The maximum Gasteiger partial charge on any atom is 0.265 e. The van der Waals surface area contributed by atoms with Crippen molar-refractivity contribution in [2.24, 2.45) is 5.92 Å². The summed E-state index contributed by atoms with van der Waals surface area (Å²) in [6.45, 7) is 7.09. The minimum Gasteiger partial charge on any atom is -0.349 e. The summed E-state index contributed by atoms with van der Waals surface area (Å²) in [7, 11) is 0. The molecule has 0 aliphatic heterocycles. The summed E-state index contributed by atoms with van der Waals surface area (Å²) in [4.78, 5) is 26.6. The highest BCUT2D eigenvalue weighted by molar-refractivity contribution is 7.20. The summed E-state index contributed by atoms with van der Waals surface area (Å²) >= 11 is 1.45. The van der Waals surface area contributed by atoms with Gasteiger partial charge < -0.3 is 10.6 Å². The van der Waals surface area contributed by atoms with Crippen LogP contribution in [0.1, 0.15) is 52.4 Å². The van der Waals surface area contributed by atoms with Crippen molar-refractivity contribution in [2.45, 2.75) is 46.2 Å². The molecule has 146 valence electrons. The molecule has 0 radical (unpaired) electrons. The Balaban J connectivity index is 1.52. The van der Waals surface area contributed by atoms with E-state index in [0.717, 1.165) is 35.3 Å².